The Morgan fingerprint density at radius 3 is 1.65 bits per heavy atom. The number of carbonyl (C=O) groups excluding carboxylic acids is 2. The van der Waals surface area contributed by atoms with Crippen molar-refractivity contribution < 1.29 is 19.8 Å². The first-order chi connectivity index (χ1) is 9.57. The van der Waals surface area contributed by atoms with E-state index in [1.165, 1.54) is 44.9 Å². The highest BCUT2D eigenvalue weighted by molar-refractivity contribution is 5.75. The van der Waals surface area contributed by atoms with Crippen LogP contribution in [0.4, 0.5) is 0 Å². The van der Waals surface area contributed by atoms with Crippen molar-refractivity contribution in [1.29, 1.82) is 0 Å². The molecule has 0 aromatic carbocycles. The van der Waals surface area contributed by atoms with E-state index in [9.17, 15) is 19.8 Å². The molecule has 0 aromatic rings. The molecule has 0 saturated carbocycles. The highest BCUT2D eigenvalue weighted by Crippen LogP contribution is 2.15. The SMILES string of the molecule is CCCCCCCCCCCCC(CC(=O)[O-])C(=O)[O-]. The highest BCUT2D eigenvalue weighted by Gasteiger charge is 2.09. The van der Waals surface area contributed by atoms with E-state index in [1.807, 2.05) is 0 Å². The molecule has 0 amide bonds. The summed E-state index contributed by atoms with van der Waals surface area (Å²) in [6.07, 6.45) is 11.7. The molecule has 1 atom stereocenters. The van der Waals surface area contributed by atoms with Gasteiger partial charge in [-0.25, -0.2) is 0 Å². The average molecular weight is 284 g/mol. The van der Waals surface area contributed by atoms with Crippen LogP contribution in [0.5, 0.6) is 0 Å². The number of unbranched alkanes of at least 4 members (excludes halogenated alkanes) is 9. The van der Waals surface area contributed by atoms with Crippen LogP contribution in [0.15, 0.2) is 0 Å². The predicted molar refractivity (Wildman–Crippen MR) is 74.6 cm³/mol. The van der Waals surface area contributed by atoms with E-state index >= 15 is 0 Å². The third kappa shape index (κ3) is 12.0. The quantitative estimate of drug-likeness (QED) is 0.456. The van der Waals surface area contributed by atoms with Crippen LogP contribution in [0, 0.1) is 5.92 Å². The molecular weight excluding hydrogens is 256 g/mol. The summed E-state index contributed by atoms with van der Waals surface area (Å²) in [5, 5.41) is 21.1. The molecule has 4 heteroatoms. The molecule has 0 rings (SSSR count). The van der Waals surface area contributed by atoms with Crippen LogP contribution in [-0.2, 0) is 9.59 Å². The maximum absolute atomic E-state index is 10.7. The fourth-order valence-corrected chi connectivity index (χ4v) is 2.38. The molecule has 1 unspecified atom stereocenters. The predicted octanol–water partition coefficient (Wildman–Crippen LogP) is 1.80. The van der Waals surface area contributed by atoms with Gasteiger partial charge in [0.05, 0.1) is 0 Å². The maximum Gasteiger partial charge on any atom is 0.0449 e. The van der Waals surface area contributed by atoms with Gasteiger partial charge in [-0.2, -0.15) is 0 Å². The molecular formula is C16H28O4-2. The minimum absolute atomic E-state index is 0.382. The lowest BCUT2D eigenvalue weighted by molar-refractivity contribution is -0.321. The van der Waals surface area contributed by atoms with E-state index in [4.69, 9.17) is 0 Å². The normalized spacial score (nSPS) is 12.2. The Morgan fingerprint density at radius 1 is 0.800 bits per heavy atom. The van der Waals surface area contributed by atoms with Gasteiger partial charge >= 0.3 is 0 Å². The van der Waals surface area contributed by atoms with E-state index < -0.39 is 24.3 Å². The first-order valence-corrected chi connectivity index (χ1v) is 7.98. The van der Waals surface area contributed by atoms with Gasteiger partial charge in [-0.15, -0.1) is 0 Å². The van der Waals surface area contributed by atoms with Gasteiger partial charge in [-0.1, -0.05) is 71.1 Å². The van der Waals surface area contributed by atoms with E-state index in [1.54, 1.807) is 0 Å². The second kappa shape index (κ2) is 12.9. The molecule has 20 heavy (non-hydrogen) atoms. The third-order valence-electron chi connectivity index (χ3n) is 3.65. The average Bonchev–Trinajstić information content (AvgIpc) is 2.39. The molecule has 118 valence electrons. The second-order valence-corrected chi connectivity index (χ2v) is 5.56. The summed E-state index contributed by atoms with van der Waals surface area (Å²) in [4.78, 5) is 21.1. The lowest BCUT2D eigenvalue weighted by atomic mass is 9.97. The number of aliphatic carboxylic acids is 2. The van der Waals surface area contributed by atoms with Crippen LogP contribution < -0.4 is 10.2 Å². The number of hydrogen-bond donors (Lipinski definition) is 0. The lowest BCUT2D eigenvalue weighted by Gasteiger charge is -2.18. The Bertz CT molecular complexity index is 263. The van der Waals surface area contributed by atoms with E-state index in [2.05, 4.69) is 6.92 Å². The van der Waals surface area contributed by atoms with Gasteiger partial charge in [0.15, 0.2) is 0 Å². The Balaban J connectivity index is 3.41. The molecule has 0 heterocycles. The number of hydrogen-bond acceptors (Lipinski definition) is 4. The van der Waals surface area contributed by atoms with E-state index in [-0.39, 0.29) is 0 Å². The first kappa shape index (κ1) is 18.9. The van der Waals surface area contributed by atoms with Crippen LogP contribution in [0.2, 0.25) is 0 Å². The Kier molecular flexibility index (Phi) is 12.3. The van der Waals surface area contributed by atoms with Crippen molar-refractivity contribution in [3.8, 4) is 0 Å². The zero-order chi connectivity index (χ0) is 15.2. The van der Waals surface area contributed by atoms with Gasteiger partial charge in [-0.05, 0) is 12.8 Å². The largest absolute Gasteiger partial charge is 0.550 e. The van der Waals surface area contributed by atoms with Crippen LogP contribution >= 0.6 is 0 Å². The summed E-state index contributed by atoms with van der Waals surface area (Å²) >= 11 is 0. The van der Waals surface area contributed by atoms with Crippen molar-refractivity contribution in [1.82, 2.24) is 0 Å². The topological polar surface area (TPSA) is 80.3 Å². The highest BCUT2D eigenvalue weighted by atomic mass is 16.4. The summed E-state index contributed by atoms with van der Waals surface area (Å²) in [7, 11) is 0. The fraction of sp³-hybridized carbons (Fsp3) is 0.875. The summed E-state index contributed by atoms with van der Waals surface area (Å²) < 4.78 is 0. The minimum Gasteiger partial charge on any atom is -0.550 e. The Hall–Kier alpha value is -1.06. The van der Waals surface area contributed by atoms with Crippen molar-refractivity contribution in [2.45, 2.75) is 84.0 Å². The van der Waals surface area contributed by atoms with Gasteiger partial charge < -0.3 is 19.8 Å². The molecule has 0 aliphatic carbocycles. The number of carbonyl (C=O) groups is 2. The van der Waals surface area contributed by atoms with Gasteiger partial charge in [0.25, 0.3) is 0 Å². The van der Waals surface area contributed by atoms with Crippen molar-refractivity contribution in [2.75, 3.05) is 0 Å². The molecule has 0 N–H and O–H groups in total. The molecule has 0 aliphatic heterocycles. The van der Waals surface area contributed by atoms with Crippen LogP contribution in [0.25, 0.3) is 0 Å². The standard InChI is InChI=1S/C16H30O4/c1-2-3-4-5-6-7-8-9-10-11-12-14(16(19)20)13-15(17)18/h14H,2-13H2,1H3,(H,17,18)(H,19,20)/p-2. The van der Waals surface area contributed by atoms with E-state index in [0.717, 1.165) is 19.3 Å². The lowest BCUT2D eigenvalue weighted by Crippen LogP contribution is -2.36. The third-order valence-corrected chi connectivity index (χ3v) is 3.65. The summed E-state index contributed by atoms with van der Waals surface area (Å²) in [6, 6.07) is 0. The second-order valence-electron chi connectivity index (χ2n) is 5.56. The zero-order valence-corrected chi connectivity index (χ0v) is 12.7. The molecule has 4 nitrogen and oxygen atoms in total. The maximum atomic E-state index is 10.7. The molecule has 0 saturated heterocycles. The summed E-state index contributed by atoms with van der Waals surface area (Å²) in [6.45, 7) is 2.21. The van der Waals surface area contributed by atoms with Gasteiger partial charge in [0, 0.05) is 17.9 Å². The molecule has 0 aromatic heterocycles. The first-order valence-electron chi connectivity index (χ1n) is 7.98. The fourth-order valence-electron chi connectivity index (χ4n) is 2.38. The Morgan fingerprint density at radius 2 is 1.25 bits per heavy atom. The van der Waals surface area contributed by atoms with Crippen molar-refractivity contribution in [2.24, 2.45) is 5.92 Å². The van der Waals surface area contributed by atoms with Crippen LogP contribution in [-0.4, -0.2) is 11.9 Å². The summed E-state index contributed by atoms with van der Waals surface area (Å²) in [5.41, 5.74) is 0. The number of carboxylic acids is 2. The number of carboxylic acid groups (broad SMARTS) is 2. The summed E-state index contributed by atoms with van der Waals surface area (Å²) in [5.74, 6) is -3.48. The number of rotatable bonds is 14. The van der Waals surface area contributed by atoms with Crippen molar-refractivity contribution >= 4 is 11.9 Å². The monoisotopic (exact) mass is 284 g/mol. The Labute approximate surface area is 122 Å². The molecule has 0 aliphatic rings. The van der Waals surface area contributed by atoms with Gasteiger partial charge in [-0.3, -0.25) is 0 Å². The van der Waals surface area contributed by atoms with E-state index in [0.29, 0.717) is 6.42 Å². The molecule has 0 fully saturated rings. The van der Waals surface area contributed by atoms with Gasteiger partial charge in [0.2, 0.25) is 0 Å². The molecule has 0 bridgehead atoms. The molecule has 0 radical (unpaired) electrons. The van der Waals surface area contributed by atoms with Crippen LogP contribution in [0.3, 0.4) is 0 Å². The van der Waals surface area contributed by atoms with Crippen molar-refractivity contribution in [3.63, 3.8) is 0 Å². The minimum atomic E-state index is -1.31. The molecule has 0 spiro atoms. The van der Waals surface area contributed by atoms with Gasteiger partial charge in [0.1, 0.15) is 0 Å². The van der Waals surface area contributed by atoms with Crippen LogP contribution in [0.1, 0.15) is 84.0 Å². The van der Waals surface area contributed by atoms with Crippen molar-refractivity contribution in [3.05, 3.63) is 0 Å². The zero-order valence-electron chi connectivity index (χ0n) is 12.7. The smallest absolute Gasteiger partial charge is 0.0449 e.